The fourth-order valence-electron chi connectivity index (χ4n) is 4.93. The fraction of sp³-hybridized carbons (Fsp3) is 0.375. The highest BCUT2D eigenvalue weighted by Gasteiger charge is 2.26. The number of aliphatic carboxylic acids is 2. The number of hydrogen-bond acceptors (Lipinski definition) is 5. The number of hydrogen-bond donors (Lipinski definition) is 3. The first-order valence-corrected chi connectivity index (χ1v) is 13.8. The number of carboxylic acids is 2. The van der Waals surface area contributed by atoms with Gasteiger partial charge in [0.1, 0.15) is 11.6 Å². The van der Waals surface area contributed by atoms with Gasteiger partial charge in [-0.25, -0.2) is 8.78 Å². The number of nitrogens with zero attached hydrogens (tertiary/aromatic N) is 2. The zero-order chi connectivity index (χ0) is 29.8. The standard InChI is InChI=1S/C28H32F2N2O.C4H6O4/c29-25-12-8-23(9-13-25)28(24-10-14-26(30)15-11-24)7-4-16-32-18-17-31(20-27(32)21-33)19-22-5-2-1-3-6-22;1-2(3(5)6)4(7)8/h1-3,5-6,8-15,27-28,33H,4,7,16-21H2;2H,1H3,(H,5,6)(H,7,8). The maximum atomic E-state index is 13.5. The Balaban J connectivity index is 0.000000507. The SMILES string of the molecule is CC(C(=O)O)C(=O)O.OCC1CN(Cc2ccccc2)CCN1CCCC(c1ccc(F)cc1)c1ccc(F)cc1. The van der Waals surface area contributed by atoms with Crippen LogP contribution >= 0.6 is 0 Å². The lowest BCUT2D eigenvalue weighted by atomic mass is 9.87. The van der Waals surface area contributed by atoms with Gasteiger partial charge in [0.2, 0.25) is 0 Å². The van der Waals surface area contributed by atoms with Crippen LogP contribution in [0.3, 0.4) is 0 Å². The van der Waals surface area contributed by atoms with Crippen molar-refractivity contribution in [2.24, 2.45) is 5.92 Å². The second-order valence-corrected chi connectivity index (χ2v) is 10.3. The lowest BCUT2D eigenvalue weighted by molar-refractivity contribution is -0.153. The minimum Gasteiger partial charge on any atom is -0.481 e. The molecule has 9 heteroatoms. The Kier molecular flexibility index (Phi) is 12.4. The molecule has 3 aromatic carbocycles. The molecule has 1 fully saturated rings. The Bertz CT molecular complexity index is 1170. The molecular weight excluding hydrogens is 530 g/mol. The minimum absolute atomic E-state index is 0.0816. The van der Waals surface area contributed by atoms with E-state index >= 15 is 0 Å². The third-order valence-electron chi connectivity index (χ3n) is 7.37. The Morgan fingerprint density at radius 2 is 1.39 bits per heavy atom. The lowest BCUT2D eigenvalue weighted by Gasteiger charge is -2.41. The Morgan fingerprint density at radius 1 is 0.854 bits per heavy atom. The smallest absolute Gasteiger partial charge is 0.317 e. The average Bonchev–Trinajstić information content (AvgIpc) is 2.97. The Labute approximate surface area is 239 Å². The van der Waals surface area contributed by atoms with E-state index in [1.165, 1.54) is 29.8 Å². The number of piperazine rings is 1. The van der Waals surface area contributed by atoms with E-state index in [-0.39, 0.29) is 30.2 Å². The molecule has 220 valence electrons. The van der Waals surface area contributed by atoms with Gasteiger partial charge in [-0.05, 0) is 67.3 Å². The van der Waals surface area contributed by atoms with Crippen LogP contribution in [0.2, 0.25) is 0 Å². The lowest BCUT2D eigenvalue weighted by Crippen LogP contribution is -2.54. The summed E-state index contributed by atoms with van der Waals surface area (Å²) >= 11 is 0. The van der Waals surface area contributed by atoms with E-state index in [4.69, 9.17) is 10.2 Å². The van der Waals surface area contributed by atoms with Gasteiger partial charge in [0.05, 0.1) is 6.61 Å². The number of carboxylic acid groups (broad SMARTS) is 2. The summed E-state index contributed by atoms with van der Waals surface area (Å²) in [4.78, 5) is 24.3. The number of carbonyl (C=O) groups is 2. The van der Waals surface area contributed by atoms with Crippen molar-refractivity contribution in [1.82, 2.24) is 9.80 Å². The van der Waals surface area contributed by atoms with Gasteiger partial charge in [-0.3, -0.25) is 19.4 Å². The van der Waals surface area contributed by atoms with Crippen LogP contribution in [-0.4, -0.2) is 75.9 Å². The van der Waals surface area contributed by atoms with Crippen LogP contribution in [0.15, 0.2) is 78.9 Å². The maximum Gasteiger partial charge on any atom is 0.317 e. The molecule has 1 saturated heterocycles. The topological polar surface area (TPSA) is 101 Å². The first-order valence-electron chi connectivity index (χ1n) is 13.8. The van der Waals surface area contributed by atoms with Gasteiger partial charge in [0.25, 0.3) is 0 Å². The molecule has 7 nitrogen and oxygen atoms in total. The predicted octanol–water partition coefficient (Wildman–Crippen LogP) is 4.85. The van der Waals surface area contributed by atoms with Crippen molar-refractivity contribution in [3.8, 4) is 0 Å². The largest absolute Gasteiger partial charge is 0.481 e. The van der Waals surface area contributed by atoms with Gasteiger partial charge in [-0.1, -0.05) is 54.6 Å². The normalized spacial score (nSPS) is 15.9. The quantitative estimate of drug-likeness (QED) is 0.285. The summed E-state index contributed by atoms with van der Waals surface area (Å²) in [5.74, 6) is -4.34. The zero-order valence-corrected chi connectivity index (χ0v) is 23.2. The molecule has 1 heterocycles. The van der Waals surface area contributed by atoms with Crippen LogP contribution in [0.5, 0.6) is 0 Å². The van der Waals surface area contributed by atoms with Gasteiger partial charge in [-0.15, -0.1) is 0 Å². The summed E-state index contributed by atoms with van der Waals surface area (Å²) < 4.78 is 26.9. The first kappa shape index (κ1) is 31.9. The second kappa shape index (κ2) is 16.0. The van der Waals surface area contributed by atoms with E-state index in [1.807, 2.05) is 30.3 Å². The highest BCUT2D eigenvalue weighted by molar-refractivity contribution is 5.92. The molecule has 1 aliphatic rings. The number of halogens is 2. The number of benzene rings is 3. The summed E-state index contributed by atoms with van der Waals surface area (Å²) in [6.07, 6.45) is 1.81. The van der Waals surface area contributed by atoms with E-state index < -0.39 is 17.9 Å². The van der Waals surface area contributed by atoms with Crippen molar-refractivity contribution in [1.29, 1.82) is 0 Å². The number of aliphatic hydroxyl groups excluding tert-OH is 1. The summed E-state index contributed by atoms with van der Waals surface area (Å²) in [7, 11) is 0. The van der Waals surface area contributed by atoms with Crippen molar-refractivity contribution in [3.05, 3.63) is 107 Å². The first-order chi connectivity index (χ1) is 19.7. The molecule has 1 aliphatic heterocycles. The van der Waals surface area contributed by atoms with Crippen LogP contribution in [0, 0.1) is 17.6 Å². The molecule has 1 unspecified atom stereocenters. The van der Waals surface area contributed by atoms with Crippen LogP contribution in [0.25, 0.3) is 0 Å². The molecule has 0 aromatic heterocycles. The molecule has 0 bridgehead atoms. The van der Waals surface area contributed by atoms with Crippen molar-refractivity contribution in [2.45, 2.75) is 38.3 Å². The second-order valence-electron chi connectivity index (χ2n) is 10.3. The van der Waals surface area contributed by atoms with Crippen molar-refractivity contribution in [3.63, 3.8) is 0 Å². The molecular formula is C32H38F2N2O5. The predicted molar refractivity (Wildman–Crippen MR) is 152 cm³/mol. The van der Waals surface area contributed by atoms with Gasteiger partial charge in [0.15, 0.2) is 5.92 Å². The summed E-state index contributed by atoms with van der Waals surface area (Å²) in [6.45, 7) is 5.81. The van der Waals surface area contributed by atoms with Crippen molar-refractivity contribution < 1.29 is 33.7 Å². The van der Waals surface area contributed by atoms with Crippen LogP contribution < -0.4 is 0 Å². The van der Waals surface area contributed by atoms with Crippen LogP contribution in [0.1, 0.15) is 42.4 Å². The van der Waals surface area contributed by atoms with Gasteiger partial charge >= 0.3 is 11.9 Å². The summed E-state index contributed by atoms with van der Waals surface area (Å²) in [6, 6.07) is 23.8. The van der Waals surface area contributed by atoms with Crippen LogP contribution in [0.4, 0.5) is 8.78 Å². The van der Waals surface area contributed by atoms with E-state index in [9.17, 15) is 23.5 Å². The molecule has 41 heavy (non-hydrogen) atoms. The monoisotopic (exact) mass is 568 g/mol. The van der Waals surface area contributed by atoms with Gasteiger partial charge in [-0.2, -0.15) is 0 Å². The Morgan fingerprint density at radius 3 is 1.85 bits per heavy atom. The molecule has 0 saturated carbocycles. The highest BCUT2D eigenvalue weighted by Crippen LogP contribution is 2.30. The third-order valence-corrected chi connectivity index (χ3v) is 7.37. The van der Waals surface area contributed by atoms with Crippen LogP contribution in [-0.2, 0) is 16.1 Å². The van der Waals surface area contributed by atoms with Gasteiger partial charge in [0, 0.05) is 38.1 Å². The maximum absolute atomic E-state index is 13.5. The van der Waals surface area contributed by atoms with E-state index in [1.54, 1.807) is 0 Å². The average molecular weight is 569 g/mol. The highest BCUT2D eigenvalue weighted by atomic mass is 19.1. The Hall–Kier alpha value is -3.66. The molecule has 3 aromatic rings. The van der Waals surface area contributed by atoms with Crippen molar-refractivity contribution in [2.75, 3.05) is 32.8 Å². The fourth-order valence-corrected chi connectivity index (χ4v) is 4.93. The van der Waals surface area contributed by atoms with Gasteiger partial charge < -0.3 is 15.3 Å². The summed E-state index contributed by atoms with van der Waals surface area (Å²) in [5.41, 5.74) is 3.37. The molecule has 0 amide bonds. The van der Waals surface area contributed by atoms with Crippen molar-refractivity contribution >= 4 is 11.9 Å². The number of rotatable bonds is 11. The molecule has 1 atom stereocenters. The molecule has 3 N–H and O–H groups in total. The molecule has 0 spiro atoms. The van der Waals surface area contributed by atoms with E-state index in [0.29, 0.717) is 0 Å². The third kappa shape index (κ3) is 10.0. The zero-order valence-electron chi connectivity index (χ0n) is 23.2. The number of aliphatic hydroxyl groups is 1. The summed E-state index contributed by atoms with van der Waals surface area (Å²) in [5, 5.41) is 26.0. The molecule has 0 radical (unpaired) electrons. The van der Waals surface area contributed by atoms with E-state index in [0.717, 1.165) is 63.6 Å². The van der Waals surface area contributed by atoms with E-state index in [2.05, 4.69) is 34.1 Å². The molecule has 4 rings (SSSR count). The molecule has 0 aliphatic carbocycles. The minimum atomic E-state index is -1.31.